The summed E-state index contributed by atoms with van der Waals surface area (Å²) in [6, 6.07) is 11.6. The van der Waals surface area contributed by atoms with Gasteiger partial charge in [-0.25, -0.2) is 0 Å². The minimum atomic E-state index is -0.223. The van der Waals surface area contributed by atoms with Crippen LogP contribution in [0.4, 0.5) is 5.69 Å². The first-order valence-electron chi connectivity index (χ1n) is 9.44. The van der Waals surface area contributed by atoms with Crippen LogP contribution in [0.5, 0.6) is 5.75 Å². The van der Waals surface area contributed by atoms with E-state index in [1.165, 1.54) is 44.5 Å². The van der Waals surface area contributed by atoms with Gasteiger partial charge in [0.15, 0.2) is 5.78 Å². The summed E-state index contributed by atoms with van der Waals surface area (Å²) in [5.41, 5.74) is 4.39. The molecule has 1 saturated heterocycles. The summed E-state index contributed by atoms with van der Waals surface area (Å²) < 4.78 is 5.20. The number of carbonyl (C=O) groups is 2. The first-order valence-corrected chi connectivity index (χ1v) is 9.44. The van der Waals surface area contributed by atoms with Crippen molar-refractivity contribution in [1.29, 1.82) is 0 Å². The lowest BCUT2D eigenvalue weighted by Crippen LogP contribution is -2.31. The Morgan fingerprint density at radius 3 is 2.71 bits per heavy atom. The van der Waals surface area contributed by atoms with Crippen LogP contribution in [0, 0.1) is 0 Å². The van der Waals surface area contributed by atoms with Crippen LogP contribution in [0.1, 0.15) is 57.7 Å². The van der Waals surface area contributed by atoms with E-state index < -0.39 is 0 Å². The highest BCUT2D eigenvalue weighted by Gasteiger charge is 2.31. The number of anilines is 1. The molecule has 1 fully saturated rings. The van der Waals surface area contributed by atoms with Gasteiger partial charge in [0.25, 0.3) is 5.91 Å². The van der Waals surface area contributed by atoms with Gasteiger partial charge in [-0.3, -0.25) is 14.5 Å². The number of rotatable bonds is 4. The standard InChI is InChI=1S/C22H24N2O3.ClH/c1-14(25)18-12-16(6-8-21(18)27-2)22(26)23-17-7-5-15-9-11-24-10-3-4-20(24)19(15)13-17;/h5-8,12-13,20H,3-4,9-11H2,1-2H3,(H,23,26);1H. The van der Waals surface area contributed by atoms with E-state index in [1.54, 1.807) is 18.2 Å². The second-order valence-electron chi connectivity index (χ2n) is 7.28. The molecule has 0 spiro atoms. The third-order valence-corrected chi connectivity index (χ3v) is 5.64. The molecule has 6 heteroatoms. The van der Waals surface area contributed by atoms with Gasteiger partial charge in [-0.1, -0.05) is 6.07 Å². The molecule has 0 bridgehead atoms. The Balaban J connectivity index is 0.00000225. The van der Waals surface area contributed by atoms with Gasteiger partial charge < -0.3 is 10.1 Å². The molecule has 1 N–H and O–H groups in total. The van der Waals surface area contributed by atoms with Gasteiger partial charge >= 0.3 is 0 Å². The molecule has 1 amide bonds. The van der Waals surface area contributed by atoms with Gasteiger partial charge in [-0.15, -0.1) is 12.4 Å². The predicted octanol–water partition coefficient (Wildman–Crippen LogP) is 4.26. The number of hydrogen-bond acceptors (Lipinski definition) is 4. The second-order valence-corrected chi connectivity index (χ2v) is 7.28. The molecule has 0 aromatic heterocycles. The molecule has 1 unspecified atom stereocenters. The molecule has 0 radical (unpaired) electrons. The SMILES string of the molecule is COc1ccc(C(=O)Nc2ccc3c(c2)C2CCCN2CC3)cc1C(C)=O.Cl. The zero-order valence-corrected chi connectivity index (χ0v) is 17.0. The summed E-state index contributed by atoms with van der Waals surface area (Å²) in [5, 5.41) is 2.98. The van der Waals surface area contributed by atoms with Crippen LogP contribution >= 0.6 is 12.4 Å². The number of amides is 1. The van der Waals surface area contributed by atoms with Crippen molar-refractivity contribution in [3.8, 4) is 5.75 Å². The van der Waals surface area contributed by atoms with Crippen molar-refractivity contribution < 1.29 is 14.3 Å². The van der Waals surface area contributed by atoms with E-state index in [2.05, 4.69) is 22.3 Å². The Labute approximate surface area is 171 Å². The van der Waals surface area contributed by atoms with Crippen LogP contribution < -0.4 is 10.1 Å². The monoisotopic (exact) mass is 400 g/mol. The smallest absolute Gasteiger partial charge is 0.255 e. The van der Waals surface area contributed by atoms with Crippen molar-refractivity contribution in [2.45, 2.75) is 32.2 Å². The Bertz CT molecular complexity index is 913. The molecule has 1 atom stereocenters. The molecule has 2 heterocycles. The molecule has 2 aromatic rings. The number of methoxy groups -OCH3 is 1. The third kappa shape index (κ3) is 3.77. The Kier molecular flexibility index (Phi) is 6.06. The van der Waals surface area contributed by atoms with Crippen molar-refractivity contribution in [3.63, 3.8) is 0 Å². The fraction of sp³-hybridized carbons (Fsp3) is 0.364. The minimum Gasteiger partial charge on any atom is -0.496 e. The van der Waals surface area contributed by atoms with Gasteiger partial charge in [0.05, 0.1) is 12.7 Å². The molecule has 0 saturated carbocycles. The first-order chi connectivity index (χ1) is 13.1. The fourth-order valence-corrected chi connectivity index (χ4v) is 4.25. The number of Topliss-reactive ketones (excluding diaryl/α,β-unsaturated/α-hetero) is 1. The lowest BCUT2D eigenvalue weighted by molar-refractivity contribution is 0.101. The highest BCUT2D eigenvalue weighted by atomic mass is 35.5. The van der Waals surface area contributed by atoms with E-state index in [0.717, 1.165) is 18.7 Å². The fourth-order valence-electron chi connectivity index (χ4n) is 4.25. The Morgan fingerprint density at radius 2 is 1.96 bits per heavy atom. The zero-order valence-electron chi connectivity index (χ0n) is 16.2. The predicted molar refractivity (Wildman–Crippen MR) is 112 cm³/mol. The van der Waals surface area contributed by atoms with Crippen LogP contribution in [0.3, 0.4) is 0 Å². The largest absolute Gasteiger partial charge is 0.496 e. The molecule has 2 aliphatic rings. The van der Waals surface area contributed by atoms with Crippen molar-refractivity contribution >= 4 is 29.8 Å². The van der Waals surface area contributed by atoms with Gasteiger partial charge in [0.1, 0.15) is 5.75 Å². The number of fused-ring (bicyclic) bond motifs is 3. The van der Waals surface area contributed by atoms with E-state index in [9.17, 15) is 9.59 Å². The third-order valence-electron chi connectivity index (χ3n) is 5.64. The number of ketones is 1. The molecule has 0 aliphatic carbocycles. The topological polar surface area (TPSA) is 58.6 Å². The molecule has 28 heavy (non-hydrogen) atoms. The second kappa shape index (κ2) is 8.33. The van der Waals surface area contributed by atoms with Crippen LogP contribution in [0.25, 0.3) is 0 Å². The number of halogens is 1. The molecule has 2 aliphatic heterocycles. The quantitative estimate of drug-likeness (QED) is 0.779. The van der Waals surface area contributed by atoms with Crippen molar-refractivity contribution in [3.05, 3.63) is 58.7 Å². The Morgan fingerprint density at radius 1 is 1.14 bits per heavy atom. The van der Waals surface area contributed by atoms with E-state index in [0.29, 0.717) is 22.9 Å². The van der Waals surface area contributed by atoms with Gasteiger partial charge in [0, 0.05) is 23.8 Å². The molecule has 5 nitrogen and oxygen atoms in total. The average molecular weight is 401 g/mol. The molecule has 4 rings (SSSR count). The lowest BCUT2D eigenvalue weighted by atomic mass is 9.92. The number of hydrogen-bond donors (Lipinski definition) is 1. The Hall–Kier alpha value is -2.37. The molecule has 148 valence electrons. The van der Waals surface area contributed by atoms with Crippen LogP contribution in [0.15, 0.2) is 36.4 Å². The van der Waals surface area contributed by atoms with Gasteiger partial charge in [0.2, 0.25) is 0 Å². The molecular formula is C22H25ClN2O3. The van der Waals surface area contributed by atoms with Gasteiger partial charge in [-0.2, -0.15) is 0 Å². The average Bonchev–Trinajstić information content (AvgIpc) is 3.16. The van der Waals surface area contributed by atoms with Crippen LogP contribution in [0.2, 0.25) is 0 Å². The number of ether oxygens (including phenoxy) is 1. The highest BCUT2D eigenvalue weighted by molar-refractivity contribution is 6.07. The normalized spacial score (nSPS) is 17.9. The number of nitrogens with zero attached hydrogens (tertiary/aromatic N) is 1. The first kappa shape index (κ1) is 20.4. The number of benzene rings is 2. The molecular weight excluding hydrogens is 376 g/mol. The van der Waals surface area contributed by atoms with Crippen molar-refractivity contribution in [1.82, 2.24) is 4.90 Å². The van der Waals surface area contributed by atoms with E-state index >= 15 is 0 Å². The summed E-state index contributed by atoms with van der Waals surface area (Å²) in [6.07, 6.45) is 3.49. The van der Waals surface area contributed by atoms with Crippen molar-refractivity contribution in [2.24, 2.45) is 0 Å². The lowest BCUT2D eigenvalue weighted by Gasteiger charge is -2.32. The van der Waals surface area contributed by atoms with E-state index in [1.807, 2.05) is 6.07 Å². The maximum atomic E-state index is 12.7. The van der Waals surface area contributed by atoms with E-state index in [-0.39, 0.29) is 24.1 Å². The number of carbonyl (C=O) groups excluding carboxylic acids is 2. The number of nitrogens with one attached hydrogen (secondary N) is 1. The minimum absolute atomic E-state index is 0. The van der Waals surface area contributed by atoms with Crippen LogP contribution in [-0.4, -0.2) is 36.8 Å². The summed E-state index contributed by atoms with van der Waals surface area (Å²) >= 11 is 0. The summed E-state index contributed by atoms with van der Waals surface area (Å²) in [5.74, 6) is 0.130. The van der Waals surface area contributed by atoms with E-state index in [4.69, 9.17) is 4.74 Å². The van der Waals surface area contributed by atoms with Crippen molar-refractivity contribution in [2.75, 3.05) is 25.5 Å². The molecule has 2 aromatic carbocycles. The zero-order chi connectivity index (χ0) is 19.0. The maximum absolute atomic E-state index is 12.7. The van der Waals surface area contributed by atoms with Crippen LogP contribution in [-0.2, 0) is 6.42 Å². The summed E-state index contributed by atoms with van der Waals surface area (Å²) in [6.45, 7) is 3.76. The summed E-state index contributed by atoms with van der Waals surface area (Å²) in [7, 11) is 1.51. The van der Waals surface area contributed by atoms with Gasteiger partial charge in [-0.05, 0) is 74.2 Å². The maximum Gasteiger partial charge on any atom is 0.255 e. The highest BCUT2D eigenvalue weighted by Crippen LogP contribution is 2.38. The summed E-state index contributed by atoms with van der Waals surface area (Å²) in [4.78, 5) is 27.1.